The number of nitrogens with zero attached hydrogens (tertiary/aromatic N) is 1. The minimum absolute atomic E-state index is 0.0906. The second-order valence-electron chi connectivity index (χ2n) is 6.39. The summed E-state index contributed by atoms with van der Waals surface area (Å²) in [6.07, 6.45) is 1.33. The SMILES string of the molecule is CC(O)Cc1ccc(N=CNC(=O)CC(C)(C)C)cc1F. The van der Waals surface area contributed by atoms with Crippen LogP contribution in [0.4, 0.5) is 10.1 Å². The molecule has 116 valence electrons. The van der Waals surface area contributed by atoms with E-state index in [0.29, 0.717) is 17.7 Å². The molecule has 0 saturated carbocycles. The van der Waals surface area contributed by atoms with Gasteiger partial charge >= 0.3 is 0 Å². The number of amides is 1. The summed E-state index contributed by atoms with van der Waals surface area (Å²) in [6, 6.07) is 4.52. The first-order valence-electron chi connectivity index (χ1n) is 6.96. The van der Waals surface area contributed by atoms with Gasteiger partial charge in [-0.3, -0.25) is 4.79 Å². The molecule has 0 bridgehead atoms. The summed E-state index contributed by atoms with van der Waals surface area (Å²) in [5, 5.41) is 11.8. The number of carbonyl (C=O) groups excluding carboxylic acids is 1. The van der Waals surface area contributed by atoms with Gasteiger partial charge in [-0.1, -0.05) is 26.8 Å². The average Bonchev–Trinajstić information content (AvgIpc) is 2.29. The van der Waals surface area contributed by atoms with Gasteiger partial charge in [-0.05, 0) is 30.0 Å². The molecule has 1 amide bonds. The molecule has 5 heteroatoms. The molecule has 0 fully saturated rings. The van der Waals surface area contributed by atoms with Crippen molar-refractivity contribution < 1.29 is 14.3 Å². The molecule has 1 rings (SSSR count). The third-order valence-corrected chi connectivity index (χ3v) is 2.68. The van der Waals surface area contributed by atoms with E-state index in [1.807, 2.05) is 20.8 Å². The second kappa shape index (κ2) is 7.31. The number of rotatable bonds is 5. The van der Waals surface area contributed by atoms with Crippen molar-refractivity contribution in [2.75, 3.05) is 0 Å². The number of benzene rings is 1. The zero-order chi connectivity index (χ0) is 16.0. The Morgan fingerprint density at radius 3 is 2.67 bits per heavy atom. The highest BCUT2D eigenvalue weighted by Crippen LogP contribution is 2.19. The molecule has 0 radical (unpaired) electrons. The lowest BCUT2D eigenvalue weighted by Gasteiger charge is -2.15. The molecule has 0 aliphatic carbocycles. The van der Waals surface area contributed by atoms with E-state index in [9.17, 15) is 14.3 Å². The van der Waals surface area contributed by atoms with Gasteiger partial charge in [-0.15, -0.1) is 0 Å². The molecule has 1 atom stereocenters. The van der Waals surface area contributed by atoms with Crippen molar-refractivity contribution in [2.45, 2.75) is 46.6 Å². The molecular formula is C16H23FN2O2. The number of hydrogen-bond donors (Lipinski definition) is 2. The monoisotopic (exact) mass is 294 g/mol. The fourth-order valence-corrected chi connectivity index (χ4v) is 1.81. The highest BCUT2D eigenvalue weighted by atomic mass is 19.1. The molecule has 0 heterocycles. The fraction of sp³-hybridized carbons (Fsp3) is 0.500. The Labute approximate surface area is 125 Å². The van der Waals surface area contributed by atoms with Crippen LogP contribution in [0.5, 0.6) is 0 Å². The van der Waals surface area contributed by atoms with E-state index in [-0.39, 0.29) is 17.7 Å². The van der Waals surface area contributed by atoms with Gasteiger partial charge in [0.1, 0.15) is 5.82 Å². The Hall–Kier alpha value is -1.75. The Morgan fingerprint density at radius 2 is 2.14 bits per heavy atom. The predicted octanol–water partition coefficient (Wildman–Crippen LogP) is 2.96. The molecule has 0 aliphatic rings. The summed E-state index contributed by atoms with van der Waals surface area (Å²) in [7, 11) is 0. The minimum Gasteiger partial charge on any atom is -0.393 e. The zero-order valence-electron chi connectivity index (χ0n) is 13.0. The van der Waals surface area contributed by atoms with E-state index < -0.39 is 11.9 Å². The molecule has 4 nitrogen and oxygen atoms in total. The van der Waals surface area contributed by atoms with Crippen LogP contribution in [-0.4, -0.2) is 23.5 Å². The van der Waals surface area contributed by atoms with E-state index in [1.165, 1.54) is 12.4 Å². The van der Waals surface area contributed by atoms with E-state index in [0.717, 1.165) is 0 Å². The van der Waals surface area contributed by atoms with Crippen LogP contribution in [0.1, 0.15) is 39.7 Å². The highest BCUT2D eigenvalue weighted by molar-refractivity contribution is 5.88. The molecular weight excluding hydrogens is 271 g/mol. The van der Waals surface area contributed by atoms with Crippen LogP contribution in [-0.2, 0) is 11.2 Å². The lowest BCUT2D eigenvalue weighted by atomic mass is 9.92. The Kier molecular flexibility index (Phi) is 6.03. The third kappa shape index (κ3) is 6.99. The number of halogens is 1. The summed E-state index contributed by atoms with van der Waals surface area (Å²) in [6.45, 7) is 7.52. The summed E-state index contributed by atoms with van der Waals surface area (Å²) in [4.78, 5) is 15.6. The van der Waals surface area contributed by atoms with Gasteiger partial charge in [-0.2, -0.15) is 0 Å². The summed E-state index contributed by atoms with van der Waals surface area (Å²) in [5.41, 5.74) is 0.769. The molecule has 0 saturated heterocycles. The van der Waals surface area contributed by atoms with Crippen LogP contribution in [0, 0.1) is 11.2 Å². The highest BCUT2D eigenvalue weighted by Gasteiger charge is 2.14. The van der Waals surface area contributed by atoms with Crippen LogP contribution < -0.4 is 5.32 Å². The van der Waals surface area contributed by atoms with Gasteiger partial charge in [0.15, 0.2) is 0 Å². The van der Waals surface area contributed by atoms with E-state index in [1.54, 1.807) is 19.1 Å². The first-order valence-corrected chi connectivity index (χ1v) is 6.96. The van der Waals surface area contributed by atoms with Crippen molar-refractivity contribution >= 4 is 17.9 Å². The number of nitrogens with one attached hydrogen (secondary N) is 1. The largest absolute Gasteiger partial charge is 0.393 e. The molecule has 1 aromatic rings. The topological polar surface area (TPSA) is 61.7 Å². The van der Waals surface area contributed by atoms with Crippen LogP contribution in [0.2, 0.25) is 0 Å². The quantitative estimate of drug-likeness (QED) is 0.648. The number of carbonyl (C=O) groups is 1. The number of aliphatic hydroxyl groups excluding tert-OH is 1. The molecule has 0 spiro atoms. The molecule has 0 aromatic heterocycles. The van der Waals surface area contributed by atoms with Crippen molar-refractivity contribution in [3.05, 3.63) is 29.6 Å². The third-order valence-electron chi connectivity index (χ3n) is 2.68. The lowest BCUT2D eigenvalue weighted by Crippen LogP contribution is -2.26. The predicted molar refractivity (Wildman–Crippen MR) is 82.2 cm³/mol. The van der Waals surface area contributed by atoms with Gasteiger partial charge in [0, 0.05) is 12.8 Å². The van der Waals surface area contributed by atoms with Crippen molar-refractivity contribution in [3.63, 3.8) is 0 Å². The Bertz CT molecular complexity index is 519. The van der Waals surface area contributed by atoms with Gasteiger partial charge in [0.2, 0.25) is 5.91 Å². The fourth-order valence-electron chi connectivity index (χ4n) is 1.81. The second-order valence-corrected chi connectivity index (χ2v) is 6.39. The maximum Gasteiger partial charge on any atom is 0.225 e. The van der Waals surface area contributed by atoms with Gasteiger partial charge < -0.3 is 10.4 Å². The van der Waals surface area contributed by atoms with Crippen molar-refractivity contribution in [3.8, 4) is 0 Å². The number of hydrogen-bond acceptors (Lipinski definition) is 3. The van der Waals surface area contributed by atoms with Crippen LogP contribution >= 0.6 is 0 Å². The molecule has 0 aliphatic heterocycles. The van der Waals surface area contributed by atoms with Crippen LogP contribution in [0.15, 0.2) is 23.2 Å². The summed E-state index contributed by atoms with van der Waals surface area (Å²) < 4.78 is 13.7. The maximum atomic E-state index is 13.7. The first kappa shape index (κ1) is 17.3. The van der Waals surface area contributed by atoms with Crippen molar-refractivity contribution in [1.82, 2.24) is 5.32 Å². The molecule has 1 unspecified atom stereocenters. The van der Waals surface area contributed by atoms with Gasteiger partial charge in [-0.25, -0.2) is 9.38 Å². The maximum absolute atomic E-state index is 13.7. The van der Waals surface area contributed by atoms with E-state index in [4.69, 9.17) is 0 Å². The molecule has 2 N–H and O–H groups in total. The van der Waals surface area contributed by atoms with Gasteiger partial charge in [0.05, 0.1) is 18.1 Å². The first-order chi connectivity index (χ1) is 9.67. The lowest BCUT2D eigenvalue weighted by molar-refractivity contribution is -0.121. The standard InChI is InChI=1S/C16H23FN2O2/c1-11(20)7-12-5-6-13(8-14(12)17)18-10-19-15(21)9-16(2,3)4/h5-6,8,10-11,20H,7,9H2,1-4H3,(H,18,19,21). The normalized spacial score (nSPS) is 13.4. The molecule has 21 heavy (non-hydrogen) atoms. The Balaban J connectivity index is 2.61. The number of aliphatic imine (C=N–C) groups is 1. The van der Waals surface area contributed by atoms with Crippen molar-refractivity contribution in [1.29, 1.82) is 0 Å². The average molecular weight is 294 g/mol. The zero-order valence-corrected chi connectivity index (χ0v) is 13.0. The van der Waals surface area contributed by atoms with Crippen LogP contribution in [0.3, 0.4) is 0 Å². The summed E-state index contributed by atoms with van der Waals surface area (Å²) >= 11 is 0. The van der Waals surface area contributed by atoms with E-state index in [2.05, 4.69) is 10.3 Å². The minimum atomic E-state index is -0.592. The smallest absolute Gasteiger partial charge is 0.225 e. The van der Waals surface area contributed by atoms with Gasteiger partial charge in [0.25, 0.3) is 0 Å². The number of aliphatic hydroxyl groups is 1. The van der Waals surface area contributed by atoms with Crippen LogP contribution in [0.25, 0.3) is 0 Å². The molecule has 1 aromatic carbocycles. The van der Waals surface area contributed by atoms with E-state index >= 15 is 0 Å². The Morgan fingerprint density at radius 1 is 1.48 bits per heavy atom. The summed E-state index contributed by atoms with van der Waals surface area (Å²) in [5.74, 6) is -0.538. The van der Waals surface area contributed by atoms with Crippen molar-refractivity contribution in [2.24, 2.45) is 10.4 Å².